The summed E-state index contributed by atoms with van der Waals surface area (Å²) >= 11 is 0. The van der Waals surface area contributed by atoms with Crippen LogP contribution in [-0.4, -0.2) is 65.9 Å². The number of benzene rings is 2. The number of hydrogen-bond acceptors (Lipinski definition) is 7. The average molecular weight is 493 g/mol. The predicted molar refractivity (Wildman–Crippen MR) is 128 cm³/mol. The number of carbonyl (C=O) groups excluding carboxylic acids is 1. The normalized spacial score (nSPS) is 13.6. The van der Waals surface area contributed by atoms with E-state index < -0.39 is 10.0 Å². The van der Waals surface area contributed by atoms with Crippen LogP contribution >= 0.6 is 0 Å². The second-order valence-corrected chi connectivity index (χ2v) is 10.0. The molecule has 2 aromatic rings. The molecule has 1 N–H and O–H groups in total. The molecule has 0 spiro atoms. The summed E-state index contributed by atoms with van der Waals surface area (Å²) in [6.45, 7) is 0.987. The van der Waals surface area contributed by atoms with Gasteiger partial charge in [0.1, 0.15) is 0 Å². The molecule has 0 fully saturated rings. The predicted octanol–water partition coefficient (Wildman–Crippen LogP) is 2.16. The van der Waals surface area contributed by atoms with Crippen LogP contribution in [0.4, 0.5) is 0 Å². The van der Waals surface area contributed by atoms with Crippen molar-refractivity contribution >= 4 is 15.9 Å². The van der Waals surface area contributed by atoms with Crippen LogP contribution in [0.25, 0.3) is 0 Å². The summed E-state index contributed by atoms with van der Waals surface area (Å²) in [6, 6.07) is 9.04. The molecular weight excluding hydrogens is 460 g/mol. The summed E-state index contributed by atoms with van der Waals surface area (Å²) in [5, 5.41) is 2.79. The van der Waals surface area contributed by atoms with E-state index in [0.29, 0.717) is 48.9 Å². The molecule has 0 atom stereocenters. The Balaban J connectivity index is 1.50. The SMILES string of the molecule is COc1ccc(CC(=O)NCCCS(=O)(=O)N2CCc3cc(OC)c(OC)cc3C2)cc1OC. The van der Waals surface area contributed by atoms with E-state index in [1.54, 1.807) is 39.5 Å². The van der Waals surface area contributed by atoms with Crippen molar-refractivity contribution in [1.82, 2.24) is 9.62 Å². The van der Waals surface area contributed by atoms with Crippen LogP contribution in [0.5, 0.6) is 23.0 Å². The third-order valence-corrected chi connectivity index (χ3v) is 7.69. The molecule has 10 heteroatoms. The van der Waals surface area contributed by atoms with E-state index in [2.05, 4.69) is 5.32 Å². The Bertz CT molecular complexity index is 1120. The quantitative estimate of drug-likeness (QED) is 0.480. The first kappa shape index (κ1) is 25.6. The van der Waals surface area contributed by atoms with E-state index in [4.69, 9.17) is 18.9 Å². The van der Waals surface area contributed by atoms with Crippen molar-refractivity contribution in [2.24, 2.45) is 0 Å². The van der Waals surface area contributed by atoms with E-state index in [1.807, 2.05) is 12.1 Å². The van der Waals surface area contributed by atoms with Gasteiger partial charge in [-0.1, -0.05) is 6.07 Å². The van der Waals surface area contributed by atoms with E-state index in [-0.39, 0.29) is 24.6 Å². The van der Waals surface area contributed by atoms with Crippen molar-refractivity contribution in [1.29, 1.82) is 0 Å². The minimum Gasteiger partial charge on any atom is -0.493 e. The van der Waals surface area contributed by atoms with E-state index in [9.17, 15) is 13.2 Å². The number of ether oxygens (including phenoxy) is 4. The molecule has 1 heterocycles. The highest BCUT2D eigenvalue weighted by Crippen LogP contribution is 2.34. The molecule has 9 nitrogen and oxygen atoms in total. The Labute approximate surface area is 201 Å². The van der Waals surface area contributed by atoms with E-state index in [0.717, 1.165) is 16.7 Å². The zero-order valence-corrected chi connectivity index (χ0v) is 20.9. The van der Waals surface area contributed by atoms with Crippen molar-refractivity contribution in [2.75, 3.05) is 47.3 Å². The first-order valence-corrected chi connectivity index (χ1v) is 12.6. The number of carbonyl (C=O) groups is 1. The molecule has 0 aromatic heterocycles. The first-order chi connectivity index (χ1) is 16.3. The van der Waals surface area contributed by atoms with Gasteiger partial charge < -0.3 is 24.3 Å². The van der Waals surface area contributed by atoms with Crippen molar-refractivity contribution in [2.45, 2.75) is 25.8 Å². The Hall–Kier alpha value is -2.98. The van der Waals surface area contributed by atoms with Gasteiger partial charge in [0.25, 0.3) is 0 Å². The van der Waals surface area contributed by atoms with Crippen molar-refractivity contribution in [3.05, 3.63) is 47.0 Å². The number of hydrogen-bond donors (Lipinski definition) is 1. The van der Waals surface area contributed by atoms with E-state index in [1.165, 1.54) is 11.4 Å². The minimum absolute atomic E-state index is 0.0355. The monoisotopic (exact) mass is 492 g/mol. The zero-order valence-electron chi connectivity index (χ0n) is 20.0. The van der Waals surface area contributed by atoms with Crippen LogP contribution in [0.3, 0.4) is 0 Å². The highest BCUT2D eigenvalue weighted by atomic mass is 32.2. The number of fused-ring (bicyclic) bond motifs is 1. The molecule has 1 amide bonds. The number of nitrogens with zero attached hydrogens (tertiary/aromatic N) is 1. The summed E-state index contributed by atoms with van der Waals surface area (Å²) in [6.07, 6.45) is 1.10. The second kappa shape index (κ2) is 11.4. The fraction of sp³-hybridized carbons (Fsp3) is 0.458. The Morgan fingerprint density at radius 2 is 1.53 bits per heavy atom. The second-order valence-electron chi connectivity index (χ2n) is 7.95. The minimum atomic E-state index is -3.46. The molecule has 0 saturated carbocycles. The van der Waals surface area contributed by atoms with Gasteiger partial charge in [0.2, 0.25) is 15.9 Å². The summed E-state index contributed by atoms with van der Waals surface area (Å²) in [4.78, 5) is 12.3. The maximum atomic E-state index is 12.9. The molecule has 0 saturated heterocycles. The number of methoxy groups -OCH3 is 4. The topological polar surface area (TPSA) is 103 Å². The molecule has 34 heavy (non-hydrogen) atoms. The lowest BCUT2D eigenvalue weighted by molar-refractivity contribution is -0.120. The van der Waals surface area contributed by atoms with Crippen LogP contribution in [0.2, 0.25) is 0 Å². The van der Waals surface area contributed by atoms with Gasteiger partial charge in [0.15, 0.2) is 23.0 Å². The Morgan fingerprint density at radius 3 is 2.18 bits per heavy atom. The Morgan fingerprint density at radius 1 is 0.912 bits per heavy atom. The maximum Gasteiger partial charge on any atom is 0.224 e. The lowest BCUT2D eigenvalue weighted by Crippen LogP contribution is -2.38. The summed E-state index contributed by atoms with van der Waals surface area (Å²) in [5.74, 6) is 2.15. The summed E-state index contributed by atoms with van der Waals surface area (Å²) < 4.78 is 48.4. The van der Waals surface area contributed by atoms with Crippen molar-refractivity contribution in [3.63, 3.8) is 0 Å². The lowest BCUT2D eigenvalue weighted by Gasteiger charge is -2.29. The molecule has 0 unspecified atom stereocenters. The molecule has 0 aliphatic carbocycles. The smallest absolute Gasteiger partial charge is 0.224 e. The van der Waals surface area contributed by atoms with Crippen LogP contribution in [0.15, 0.2) is 30.3 Å². The van der Waals surface area contributed by atoms with Crippen LogP contribution in [-0.2, 0) is 34.2 Å². The van der Waals surface area contributed by atoms with Gasteiger partial charge in [-0.3, -0.25) is 4.79 Å². The lowest BCUT2D eigenvalue weighted by atomic mass is 10.0. The molecular formula is C24H32N2O7S. The van der Waals surface area contributed by atoms with Crippen LogP contribution < -0.4 is 24.3 Å². The zero-order chi connectivity index (χ0) is 24.7. The van der Waals surface area contributed by atoms with Gasteiger partial charge >= 0.3 is 0 Å². The van der Waals surface area contributed by atoms with Gasteiger partial charge in [0, 0.05) is 19.6 Å². The van der Waals surface area contributed by atoms with Gasteiger partial charge in [-0.2, -0.15) is 4.31 Å². The molecule has 0 bridgehead atoms. The fourth-order valence-electron chi connectivity index (χ4n) is 3.94. The average Bonchev–Trinajstić information content (AvgIpc) is 2.85. The van der Waals surface area contributed by atoms with Crippen molar-refractivity contribution < 1.29 is 32.2 Å². The molecule has 2 aromatic carbocycles. The standard InChI is InChI=1S/C24H32N2O7S/c1-30-20-7-6-17(12-21(20)31-2)13-24(27)25-9-5-11-34(28,29)26-10-8-18-14-22(32-3)23(33-4)15-19(18)16-26/h6-7,12,14-15H,5,8-11,13,16H2,1-4H3,(H,25,27). The van der Waals surface area contributed by atoms with E-state index >= 15 is 0 Å². The number of amides is 1. The molecule has 3 rings (SSSR count). The molecule has 0 radical (unpaired) electrons. The maximum absolute atomic E-state index is 12.9. The summed E-state index contributed by atoms with van der Waals surface area (Å²) in [5.41, 5.74) is 2.75. The van der Waals surface area contributed by atoms with Gasteiger partial charge in [-0.25, -0.2) is 8.42 Å². The number of rotatable bonds is 11. The van der Waals surface area contributed by atoms with Gasteiger partial charge in [-0.05, 0) is 53.8 Å². The van der Waals surface area contributed by atoms with Gasteiger partial charge in [-0.15, -0.1) is 0 Å². The summed E-state index contributed by atoms with van der Waals surface area (Å²) in [7, 11) is 2.77. The van der Waals surface area contributed by atoms with Crippen molar-refractivity contribution in [3.8, 4) is 23.0 Å². The molecule has 186 valence electrons. The molecule has 1 aliphatic rings. The number of nitrogens with one attached hydrogen (secondary N) is 1. The highest BCUT2D eigenvalue weighted by molar-refractivity contribution is 7.89. The number of sulfonamides is 1. The third-order valence-electron chi connectivity index (χ3n) is 5.79. The van der Waals surface area contributed by atoms with Crippen LogP contribution in [0, 0.1) is 0 Å². The largest absolute Gasteiger partial charge is 0.493 e. The third kappa shape index (κ3) is 6.12. The fourth-order valence-corrected chi connectivity index (χ4v) is 5.42. The van der Waals surface area contributed by atoms with Crippen LogP contribution in [0.1, 0.15) is 23.1 Å². The molecule has 1 aliphatic heterocycles. The first-order valence-electron chi connectivity index (χ1n) is 11.0. The Kier molecular flexibility index (Phi) is 8.62. The van der Waals surface area contributed by atoms with Gasteiger partial charge in [0.05, 0.1) is 40.6 Å². The highest BCUT2D eigenvalue weighted by Gasteiger charge is 2.27.